The molecule has 1 unspecified atom stereocenters. The second-order valence-electron chi connectivity index (χ2n) is 3.42. The van der Waals surface area contributed by atoms with Crippen LogP contribution in [-0.2, 0) is 15.1 Å². The Morgan fingerprint density at radius 2 is 1.88 bits per heavy atom. The molecule has 1 aromatic carbocycles. The Kier molecular flexibility index (Phi) is 3.60. The summed E-state index contributed by atoms with van der Waals surface area (Å²) in [5.74, 6) is -1.60. The first-order chi connectivity index (χ1) is 7.50. The lowest BCUT2D eigenvalue weighted by Crippen LogP contribution is -2.52. The van der Waals surface area contributed by atoms with Crippen molar-refractivity contribution in [3.63, 3.8) is 0 Å². The van der Waals surface area contributed by atoms with Crippen molar-refractivity contribution in [2.45, 2.75) is 12.0 Å². The van der Waals surface area contributed by atoms with Gasteiger partial charge in [0.15, 0.2) is 0 Å². The van der Waals surface area contributed by atoms with Crippen LogP contribution < -0.4 is 16.9 Å². The van der Waals surface area contributed by atoms with Crippen LogP contribution in [0.15, 0.2) is 30.3 Å². The van der Waals surface area contributed by atoms with Gasteiger partial charge in [0.1, 0.15) is 5.54 Å². The van der Waals surface area contributed by atoms with Gasteiger partial charge in [0.05, 0.1) is 6.42 Å². The van der Waals surface area contributed by atoms with Crippen LogP contribution in [0, 0.1) is 0 Å². The van der Waals surface area contributed by atoms with Gasteiger partial charge >= 0.3 is 0 Å². The summed E-state index contributed by atoms with van der Waals surface area (Å²) in [7, 11) is 0. The molecule has 6 nitrogen and oxygen atoms in total. The lowest BCUT2D eigenvalue weighted by atomic mass is 9.86. The molecule has 0 bridgehead atoms. The first-order valence-electron chi connectivity index (χ1n) is 4.58. The van der Waals surface area contributed by atoms with Crippen LogP contribution in [0.4, 0.5) is 0 Å². The van der Waals surface area contributed by atoms with Crippen molar-refractivity contribution >= 4 is 11.8 Å². The van der Waals surface area contributed by atoms with E-state index in [9.17, 15) is 9.59 Å². The van der Waals surface area contributed by atoms with Crippen LogP contribution in [0.5, 0.6) is 0 Å². The number of hydroxylamine groups is 1. The summed E-state index contributed by atoms with van der Waals surface area (Å²) in [6.07, 6.45) is -0.386. The first-order valence-corrected chi connectivity index (χ1v) is 4.58. The van der Waals surface area contributed by atoms with E-state index in [0.717, 1.165) is 0 Å². The van der Waals surface area contributed by atoms with Gasteiger partial charge in [0.25, 0.3) is 5.91 Å². The SMILES string of the molecule is NC(=O)CC(N)(C(=O)NO)c1ccccc1. The zero-order valence-electron chi connectivity index (χ0n) is 8.51. The molecule has 0 saturated carbocycles. The third-order valence-electron chi connectivity index (χ3n) is 2.25. The number of primary amides is 1. The summed E-state index contributed by atoms with van der Waals surface area (Å²) in [6, 6.07) is 8.24. The smallest absolute Gasteiger partial charge is 0.268 e. The van der Waals surface area contributed by atoms with Gasteiger partial charge in [-0.05, 0) is 5.56 Å². The lowest BCUT2D eigenvalue weighted by molar-refractivity contribution is -0.138. The molecule has 86 valence electrons. The predicted octanol–water partition coefficient (Wildman–Crippen LogP) is -0.779. The second-order valence-corrected chi connectivity index (χ2v) is 3.42. The molecule has 16 heavy (non-hydrogen) atoms. The number of nitrogens with two attached hydrogens (primary N) is 2. The van der Waals surface area contributed by atoms with E-state index in [4.69, 9.17) is 16.7 Å². The highest BCUT2D eigenvalue weighted by Crippen LogP contribution is 2.21. The largest absolute Gasteiger partial charge is 0.370 e. The molecule has 1 rings (SSSR count). The van der Waals surface area contributed by atoms with Crippen LogP contribution in [-0.4, -0.2) is 17.0 Å². The maximum atomic E-state index is 11.5. The summed E-state index contributed by atoms with van der Waals surface area (Å²) >= 11 is 0. The highest BCUT2D eigenvalue weighted by molar-refractivity contribution is 5.91. The molecule has 6 heteroatoms. The van der Waals surface area contributed by atoms with Gasteiger partial charge < -0.3 is 11.5 Å². The summed E-state index contributed by atoms with van der Waals surface area (Å²) in [6.45, 7) is 0. The van der Waals surface area contributed by atoms with Gasteiger partial charge in [-0.3, -0.25) is 14.8 Å². The molecule has 2 amide bonds. The van der Waals surface area contributed by atoms with Crippen LogP contribution in [0.3, 0.4) is 0 Å². The van der Waals surface area contributed by atoms with E-state index in [0.29, 0.717) is 5.56 Å². The Balaban J connectivity index is 3.14. The average Bonchev–Trinajstić information content (AvgIpc) is 2.28. The number of carbonyl (C=O) groups is 2. The normalized spacial score (nSPS) is 13.9. The van der Waals surface area contributed by atoms with Gasteiger partial charge in [0.2, 0.25) is 5.91 Å². The Hall–Kier alpha value is -1.92. The van der Waals surface area contributed by atoms with E-state index >= 15 is 0 Å². The van der Waals surface area contributed by atoms with Gasteiger partial charge in [-0.2, -0.15) is 0 Å². The molecule has 0 aliphatic heterocycles. The Bertz CT molecular complexity index is 394. The fourth-order valence-electron chi connectivity index (χ4n) is 1.42. The number of carbonyl (C=O) groups excluding carboxylic acids is 2. The van der Waals surface area contributed by atoms with Crippen LogP contribution >= 0.6 is 0 Å². The highest BCUT2D eigenvalue weighted by Gasteiger charge is 2.37. The van der Waals surface area contributed by atoms with Crippen LogP contribution in [0.25, 0.3) is 0 Å². The number of amides is 2. The molecule has 0 saturated heterocycles. The minimum atomic E-state index is -1.65. The molecule has 0 aliphatic carbocycles. The Morgan fingerprint density at radius 1 is 1.31 bits per heavy atom. The molecule has 0 radical (unpaired) electrons. The topological polar surface area (TPSA) is 118 Å². The van der Waals surface area contributed by atoms with Gasteiger partial charge in [-0.15, -0.1) is 0 Å². The number of hydrogen-bond acceptors (Lipinski definition) is 4. The maximum absolute atomic E-state index is 11.5. The van der Waals surface area contributed by atoms with E-state index < -0.39 is 17.4 Å². The zero-order chi connectivity index (χ0) is 12.2. The molecule has 0 aliphatic rings. The molecular formula is C10H13N3O3. The van der Waals surface area contributed by atoms with Crippen molar-refractivity contribution in [3.05, 3.63) is 35.9 Å². The van der Waals surface area contributed by atoms with Crippen molar-refractivity contribution < 1.29 is 14.8 Å². The Morgan fingerprint density at radius 3 is 2.31 bits per heavy atom. The van der Waals surface area contributed by atoms with E-state index in [1.807, 2.05) is 0 Å². The van der Waals surface area contributed by atoms with E-state index in [1.165, 1.54) is 5.48 Å². The van der Waals surface area contributed by atoms with E-state index in [1.54, 1.807) is 30.3 Å². The monoisotopic (exact) mass is 223 g/mol. The van der Waals surface area contributed by atoms with Crippen molar-refractivity contribution in [1.29, 1.82) is 0 Å². The lowest BCUT2D eigenvalue weighted by Gasteiger charge is -2.25. The van der Waals surface area contributed by atoms with Gasteiger partial charge in [-0.1, -0.05) is 30.3 Å². The molecule has 0 heterocycles. The van der Waals surface area contributed by atoms with E-state index in [2.05, 4.69) is 0 Å². The molecular weight excluding hydrogens is 210 g/mol. The number of nitrogens with one attached hydrogen (secondary N) is 1. The first kappa shape index (κ1) is 12.2. The fraction of sp³-hybridized carbons (Fsp3) is 0.200. The summed E-state index contributed by atoms with van der Waals surface area (Å²) < 4.78 is 0. The average molecular weight is 223 g/mol. The molecule has 0 aromatic heterocycles. The minimum absolute atomic E-state index is 0.386. The molecule has 6 N–H and O–H groups in total. The van der Waals surface area contributed by atoms with E-state index in [-0.39, 0.29) is 6.42 Å². The standard InChI is InChI=1S/C10H13N3O3/c11-8(14)6-10(12,9(15)13-16)7-4-2-1-3-5-7/h1-5,16H,6,12H2,(H2,11,14)(H,13,15). The van der Waals surface area contributed by atoms with Crippen molar-refractivity contribution in [2.75, 3.05) is 0 Å². The summed E-state index contributed by atoms with van der Waals surface area (Å²) in [5, 5.41) is 8.61. The summed E-state index contributed by atoms with van der Waals surface area (Å²) in [5.41, 5.74) is 11.0. The van der Waals surface area contributed by atoms with Crippen LogP contribution in [0.2, 0.25) is 0 Å². The third kappa shape index (κ3) is 2.36. The predicted molar refractivity (Wildman–Crippen MR) is 56.0 cm³/mol. The maximum Gasteiger partial charge on any atom is 0.268 e. The minimum Gasteiger partial charge on any atom is -0.370 e. The quantitative estimate of drug-likeness (QED) is 0.395. The third-order valence-corrected chi connectivity index (χ3v) is 2.25. The Labute approximate surface area is 92.2 Å². The number of rotatable bonds is 4. The van der Waals surface area contributed by atoms with Crippen LogP contribution in [0.1, 0.15) is 12.0 Å². The highest BCUT2D eigenvalue weighted by atomic mass is 16.5. The second kappa shape index (κ2) is 4.73. The molecule has 1 atom stereocenters. The molecule has 1 aromatic rings. The van der Waals surface area contributed by atoms with Gasteiger partial charge in [0, 0.05) is 0 Å². The van der Waals surface area contributed by atoms with Crippen molar-refractivity contribution in [1.82, 2.24) is 5.48 Å². The summed E-state index contributed by atoms with van der Waals surface area (Å²) in [4.78, 5) is 22.4. The van der Waals surface area contributed by atoms with Crippen molar-refractivity contribution in [3.8, 4) is 0 Å². The number of hydrogen-bond donors (Lipinski definition) is 4. The zero-order valence-corrected chi connectivity index (χ0v) is 8.51. The van der Waals surface area contributed by atoms with Crippen molar-refractivity contribution in [2.24, 2.45) is 11.5 Å². The van der Waals surface area contributed by atoms with Gasteiger partial charge in [-0.25, -0.2) is 5.48 Å². The number of benzene rings is 1. The fourth-order valence-corrected chi connectivity index (χ4v) is 1.42. The molecule has 0 fully saturated rings. The molecule has 0 spiro atoms.